The Labute approximate surface area is 123 Å². The summed E-state index contributed by atoms with van der Waals surface area (Å²) in [4.78, 5) is 0. The van der Waals surface area contributed by atoms with E-state index in [1.165, 1.54) is 0 Å². The molecule has 0 rings (SSSR count). The molecule has 4 N–H and O–H groups in total. The van der Waals surface area contributed by atoms with E-state index in [4.69, 9.17) is 10.2 Å². The van der Waals surface area contributed by atoms with Crippen LogP contribution in [0.1, 0.15) is 13.3 Å². The molecule has 0 aliphatic carbocycles. The molecule has 0 saturated heterocycles. The zero-order valence-electron chi connectivity index (χ0n) is 13.7. The van der Waals surface area contributed by atoms with Gasteiger partial charge in [0.2, 0.25) is 0 Å². The highest BCUT2D eigenvalue weighted by atomic mass is 16.3. The topological polar surface area (TPSA) is 80.9 Å². The van der Waals surface area contributed by atoms with Crippen molar-refractivity contribution in [1.82, 2.24) is 0 Å². The Morgan fingerprint density at radius 2 is 1.30 bits per heavy atom. The Balaban J connectivity index is 4.35. The molecule has 0 radical (unpaired) electrons. The summed E-state index contributed by atoms with van der Waals surface area (Å²) in [5.74, 6) is 0. The van der Waals surface area contributed by atoms with Gasteiger partial charge in [-0.15, -0.1) is 0 Å². The van der Waals surface area contributed by atoms with Gasteiger partial charge in [-0.25, -0.2) is 0 Å². The normalized spacial score (nSPS) is 17.9. The molecular formula is C14H34N2O4+2. The van der Waals surface area contributed by atoms with Gasteiger partial charge < -0.3 is 29.4 Å². The van der Waals surface area contributed by atoms with Crippen molar-refractivity contribution in [2.24, 2.45) is 0 Å². The molecule has 0 amide bonds. The first-order chi connectivity index (χ1) is 9.04. The van der Waals surface area contributed by atoms with E-state index in [0.29, 0.717) is 28.1 Å². The third kappa shape index (κ3) is 7.52. The van der Waals surface area contributed by atoms with Gasteiger partial charge in [0.25, 0.3) is 0 Å². The molecule has 0 aliphatic rings. The number of quaternary nitrogens is 2. The summed E-state index contributed by atoms with van der Waals surface area (Å²) in [6.07, 6.45) is -0.429. The Morgan fingerprint density at radius 3 is 1.75 bits per heavy atom. The van der Waals surface area contributed by atoms with Crippen LogP contribution < -0.4 is 0 Å². The summed E-state index contributed by atoms with van der Waals surface area (Å²) in [6.45, 7) is 3.64. The van der Waals surface area contributed by atoms with E-state index < -0.39 is 12.2 Å². The molecule has 0 fully saturated rings. The number of hydrogen-bond donors (Lipinski definition) is 4. The Kier molecular flexibility index (Phi) is 8.16. The average Bonchev–Trinajstić information content (AvgIpc) is 2.34. The average molecular weight is 294 g/mol. The minimum atomic E-state index is -0.689. The second-order valence-corrected chi connectivity index (χ2v) is 7.11. The van der Waals surface area contributed by atoms with Gasteiger partial charge in [-0.1, -0.05) is 0 Å². The molecule has 20 heavy (non-hydrogen) atoms. The van der Waals surface area contributed by atoms with Crippen LogP contribution in [0.25, 0.3) is 0 Å². The molecular weight excluding hydrogens is 260 g/mol. The van der Waals surface area contributed by atoms with Crippen LogP contribution in [0.2, 0.25) is 0 Å². The number of nitrogens with zero attached hydrogens (tertiary/aromatic N) is 2. The van der Waals surface area contributed by atoms with Gasteiger partial charge in [0.05, 0.1) is 54.0 Å². The van der Waals surface area contributed by atoms with Crippen LogP contribution in [0.15, 0.2) is 0 Å². The second kappa shape index (κ2) is 8.26. The lowest BCUT2D eigenvalue weighted by Gasteiger charge is -2.39. The van der Waals surface area contributed by atoms with Crippen molar-refractivity contribution in [3.05, 3.63) is 0 Å². The number of hydrogen-bond acceptors (Lipinski definition) is 4. The summed E-state index contributed by atoms with van der Waals surface area (Å²) < 4.78 is 1.29. The SMILES string of the molecule is CC(CC[N+](C)(C)CC(O)CO)[N+](C)(C)CC(O)CO. The first-order valence-electron chi connectivity index (χ1n) is 7.26. The lowest BCUT2D eigenvalue weighted by atomic mass is 10.1. The number of aliphatic hydroxyl groups excluding tert-OH is 4. The molecule has 0 aromatic heterocycles. The van der Waals surface area contributed by atoms with Gasteiger partial charge in [0, 0.05) is 6.42 Å². The maximum Gasteiger partial charge on any atom is 0.126 e. The molecule has 122 valence electrons. The van der Waals surface area contributed by atoms with Gasteiger partial charge in [-0.05, 0) is 6.92 Å². The van der Waals surface area contributed by atoms with Crippen molar-refractivity contribution in [2.75, 3.05) is 61.0 Å². The number of rotatable bonds is 10. The summed E-state index contributed by atoms with van der Waals surface area (Å²) in [7, 11) is 8.17. The third-order valence-electron chi connectivity index (χ3n) is 4.15. The zero-order valence-corrected chi connectivity index (χ0v) is 13.7. The van der Waals surface area contributed by atoms with E-state index in [0.717, 1.165) is 13.0 Å². The van der Waals surface area contributed by atoms with E-state index in [9.17, 15) is 10.2 Å². The standard InChI is InChI=1S/C14H34N2O4/c1-12(16(4,5)9-14(20)11-18)6-7-15(2,3)8-13(19)10-17/h12-14,17-20H,6-11H2,1-5H3/q+2. The van der Waals surface area contributed by atoms with E-state index in [1.54, 1.807) is 0 Å². The zero-order chi connectivity index (χ0) is 16.0. The van der Waals surface area contributed by atoms with Gasteiger partial charge in [-0.3, -0.25) is 0 Å². The van der Waals surface area contributed by atoms with Crippen molar-refractivity contribution in [2.45, 2.75) is 31.6 Å². The summed E-state index contributed by atoms with van der Waals surface area (Å²) >= 11 is 0. The smallest absolute Gasteiger partial charge is 0.126 e. The fourth-order valence-corrected chi connectivity index (χ4v) is 2.39. The lowest BCUT2D eigenvalue weighted by molar-refractivity contribution is -0.928. The van der Waals surface area contributed by atoms with E-state index in [2.05, 4.69) is 6.92 Å². The first kappa shape index (κ1) is 19.8. The Bertz CT molecular complexity index is 272. The summed E-state index contributed by atoms with van der Waals surface area (Å²) in [5.41, 5.74) is 0. The quantitative estimate of drug-likeness (QED) is 0.375. The van der Waals surface area contributed by atoms with Crippen LogP contribution >= 0.6 is 0 Å². The monoisotopic (exact) mass is 294 g/mol. The van der Waals surface area contributed by atoms with E-state index in [1.807, 2.05) is 28.2 Å². The van der Waals surface area contributed by atoms with Gasteiger partial charge in [0.1, 0.15) is 25.3 Å². The third-order valence-corrected chi connectivity index (χ3v) is 4.15. The molecule has 3 unspecified atom stereocenters. The predicted octanol–water partition coefficient (Wildman–Crippen LogP) is -1.38. The van der Waals surface area contributed by atoms with Crippen molar-refractivity contribution in [1.29, 1.82) is 0 Å². The van der Waals surface area contributed by atoms with Gasteiger partial charge in [-0.2, -0.15) is 0 Å². The molecule has 0 bridgehead atoms. The predicted molar refractivity (Wildman–Crippen MR) is 79.1 cm³/mol. The van der Waals surface area contributed by atoms with Crippen molar-refractivity contribution < 1.29 is 29.4 Å². The minimum Gasteiger partial charge on any atom is -0.393 e. The molecule has 0 heterocycles. The molecule has 0 saturated carbocycles. The maximum absolute atomic E-state index is 9.59. The first-order valence-corrected chi connectivity index (χ1v) is 7.26. The van der Waals surface area contributed by atoms with Crippen molar-refractivity contribution in [3.63, 3.8) is 0 Å². The summed E-state index contributed by atoms with van der Waals surface area (Å²) in [6, 6.07) is 0.333. The van der Waals surface area contributed by atoms with E-state index in [-0.39, 0.29) is 13.2 Å². The number of aliphatic hydroxyl groups is 4. The van der Waals surface area contributed by atoms with Crippen molar-refractivity contribution in [3.8, 4) is 0 Å². The Hall–Kier alpha value is -0.240. The highest BCUT2D eigenvalue weighted by molar-refractivity contribution is 4.57. The van der Waals surface area contributed by atoms with Crippen LogP contribution in [0.5, 0.6) is 0 Å². The van der Waals surface area contributed by atoms with E-state index >= 15 is 0 Å². The van der Waals surface area contributed by atoms with Crippen LogP contribution in [-0.2, 0) is 0 Å². The molecule has 0 aromatic rings. The van der Waals surface area contributed by atoms with Gasteiger partial charge in [0.15, 0.2) is 0 Å². The van der Waals surface area contributed by atoms with Crippen LogP contribution in [0, 0.1) is 0 Å². The van der Waals surface area contributed by atoms with Crippen LogP contribution in [0.3, 0.4) is 0 Å². The molecule has 6 nitrogen and oxygen atoms in total. The van der Waals surface area contributed by atoms with Gasteiger partial charge >= 0.3 is 0 Å². The molecule has 6 heteroatoms. The molecule has 0 spiro atoms. The van der Waals surface area contributed by atoms with Crippen LogP contribution in [-0.4, -0.2) is 109 Å². The maximum atomic E-state index is 9.59. The lowest BCUT2D eigenvalue weighted by Crippen LogP contribution is -2.54. The highest BCUT2D eigenvalue weighted by Gasteiger charge is 2.29. The van der Waals surface area contributed by atoms with Crippen molar-refractivity contribution >= 4 is 0 Å². The number of likely N-dealkylation sites (N-methyl/N-ethyl adjacent to an activating group) is 2. The minimum absolute atomic E-state index is 0.207. The molecule has 0 aromatic carbocycles. The second-order valence-electron chi connectivity index (χ2n) is 7.11. The summed E-state index contributed by atoms with van der Waals surface area (Å²) in [5, 5.41) is 37.0. The molecule has 0 aliphatic heterocycles. The largest absolute Gasteiger partial charge is 0.393 e. The highest BCUT2D eigenvalue weighted by Crippen LogP contribution is 2.14. The van der Waals surface area contributed by atoms with Crippen LogP contribution in [0.4, 0.5) is 0 Å². The molecule has 3 atom stereocenters. The Morgan fingerprint density at radius 1 is 0.850 bits per heavy atom. The fraction of sp³-hybridized carbons (Fsp3) is 1.00. The fourth-order valence-electron chi connectivity index (χ4n) is 2.39.